The molecule has 2 aromatic heterocycles. The molecular formula is C15H12N2O2S2. The fraction of sp³-hybridized carbons (Fsp3) is 0.133. The predicted molar refractivity (Wildman–Crippen MR) is 84.4 cm³/mol. The molecule has 0 saturated carbocycles. The molecule has 0 fully saturated rings. The van der Waals surface area contributed by atoms with Gasteiger partial charge in [-0.05, 0) is 31.5 Å². The molecule has 21 heavy (non-hydrogen) atoms. The summed E-state index contributed by atoms with van der Waals surface area (Å²) in [5.41, 5.74) is 1.93. The highest BCUT2D eigenvalue weighted by atomic mass is 32.2. The van der Waals surface area contributed by atoms with Crippen LogP contribution in [0.4, 0.5) is 0 Å². The lowest BCUT2D eigenvalue weighted by molar-refractivity contribution is 0.0701. The number of aryl methyl sites for hydroxylation is 2. The van der Waals surface area contributed by atoms with E-state index in [1.54, 1.807) is 0 Å². The molecule has 0 aliphatic carbocycles. The van der Waals surface area contributed by atoms with Crippen LogP contribution in [-0.2, 0) is 0 Å². The molecular weight excluding hydrogens is 304 g/mol. The monoisotopic (exact) mass is 316 g/mol. The molecule has 0 radical (unpaired) electrons. The fourth-order valence-corrected chi connectivity index (χ4v) is 4.04. The standard InChI is InChI=1S/C15H12N2O2S2/c1-8-3-5-10(6-4-8)20-13-11-9(2)12(15(18)19)21-14(11)17-7-16-13/h3-7H,1-2H3,(H,18,19). The average molecular weight is 316 g/mol. The third-order valence-electron chi connectivity index (χ3n) is 3.12. The first-order valence-corrected chi connectivity index (χ1v) is 7.91. The number of aromatic nitrogens is 2. The molecule has 0 bridgehead atoms. The second-order valence-corrected chi connectivity index (χ2v) is 6.70. The molecule has 4 nitrogen and oxygen atoms in total. The number of thiophene rings is 1. The van der Waals surface area contributed by atoms with Crippen LogP contribution in [0.15, 0.2) is 40.5 Å². The highest BCUT2D eigenvalue weighted by Crippen LogP contribution is 2.37. The van der Waals surface area contributed by atoms with E-state index in [1.807, 2.05) is 38.1 Å². The van der Waals surface area contributed by atoms with Gasteiger partial charge >= 0.3 is 5.97 Å². The second-order valence-electron chi connectivity index (χ2n) is 4.64. The lowest BCUT2D eigenvalue weighted by Gasteiger charge is -2.03. The van der Waals surface area contributed by atoms with Gasteiger partial charge in [0.2, 0.25) is 0 Å². The predicted octanol–water partition coefficient (Wildman–Crippen LogP) is 4.16. The molecule has 3 rings (SSSR count). The van der Waals surface area contributed by atoms with Crippen molar-refractivity contribution in [2.75, 3.05) is 0 Å². The van der Waals surface area contributed by atoms with E-state index in [1.165, 1.54) is 35.0 Å². The van der Waals surface area contributed by atoms with Gasteiger partial charge in [0.05, 0.1) is 0 Å². The van der Waals surface area contributed by atoms with Gasteiger partial charge in [0.1, 0.15) is 21.1 Å². The summed E-state index contributed by atoms with van der Waals surface area (Å²) >= 11 is 2.72. The Bertz CT molecular complexity index is 826. The van der Waals surface area contributed by atoms with Gasteiger partial charge < -0.3 is 5.11 Å². The molecule has 6 heteroatoms. The van der Waals surface area contributed by atoms with Gasteiger partial charge in [0, 0.05) is 10.3 Å². The number of hydrogen-bond donors (Lipinski definition) is 1. The number of aromatic carboxylic acids is 1. The number of benzene rings is 1. The Kier molecular flexibility index (Phi) is 3.65. The molecule has 0 aliphatic heterocycles. The fourth-order valence-electron chi connectivity index (χ4n) is 2.04. The normalized spacial score (nSPS) is 11.0. The number of hydrogen-bond acceptors (Lipinski definition) is 5. The zero-order chi connectivity index (χ0) is 15.0. The van der Waals surface area contributed by atoms with Crippen LogP contribution in [-0.4, -0.2) is 21.0 Å². The quantitative estimate of drug-likeness (QED) is 0.735. The largest absolute Gasteiger partial charge is 0.477 e. The summed E-state index contributed by atoms with van der Waals surface area (Å²) in [6.07, 6.45) is 1.49. The molecule has 0 saturated heterocycles. The third kappa shape index (κ3) is 2.64. The number of carbonyl (C=O) groups is 1. The molecule has 2 heterocycles. The average Bonchev–Trinajstić information content (AvgIpc) is 2.80. The van der Waals surface area contributed by atoms with E-state index < -0.39 is 5.97 Å². The number of carboxylic acid groups (broad SMARTS) is 1. The van der Waals surface area contributed by atoms with Gasteiger partial charge in [-0.3, -0.25) is 0 Å². The minimum Gasteiger partial charge on any atom is -0.477 e. The Morgan fingerprint density at radius 2 is 1.90 bits per heavy atom. The van der Waals surface area contributed by atoms with Crippen molar-refractivity contribution < 1.29 is 9.90 Å². The van der Waals surface area contributed by atoms with Gasteiger partial charge in [-0.2, -0.15) is 0 Å². The van der Waals surface area contributed by atoms with Crippen LogP contribution in [0.3, 0.4) is 0 Å². The molecule has 0 spiro atoms. The van der Waals surface area contributed by atoms with Crippen molar-refractivity contribution in [3.8, 4) is 0 Å². The Morgan fingerprint density at radius 1 is 1.19 bits per heavy atom. The van der Waals surface area contributed by atoms with Crippen molar-refractivity contribution >= 4 is 39.3 Å². The van der Waals surface area contributed by atoms with Crippen molar-refractivity contribution in [2.45, 2.75) is 23.8 Å². The molecule has 3 aromatic rings. The first-order chi connectivity index (χ1) is 10.1. The summed E-state index contributed by atoms with van der Waals surface area (Å²) in [6.45, 7) is 3.85. The lowest BCUT2D eigenvalue weighted by atomic mass is 10.2. The van der Waals surface area contributed by atoms with Crippen molar-refractivity contribution in [1.29, 1.82) is 0 Å². The molecule has 0 atom stereocenters. The topological polar surface area (TPSA) is 63.1 Å². The van der Waals surface area contributed by atoms with Gasteiger partial charge in [0.15, 0.2) is 0 Å². The van der Waals surface area contributed by atoms with Crippen LogP contribution in [0.2, 0.25) is 0 Å². The summed E-state index contributed by atoms with van der Waals surface area (Å²) in [4.78, 5) is 21.9. The minimum absolute atomic E-state index is 0.330. The smallest absolute Gasteiger partial charge is 0.346 e. The zero-order valence-corrected chi connectivity index (χ0v) is 13.1. The van der Waals surface area contributed by atoms with Crippen LogP contribution in [0.1, 0.15) is 20.8 Å². The van der Waals surface area contributed by atoms with Crippen LogP contribution >= 0.6 is 23.1 Å². The van der Waals surface area contributed by atoms with Gasteiger partial charge in [-0.1, -0.05) is 29.5 Å². The van der Waals surface area contributed by atoms with Crippen LogP contribution in [0.25, 0.3) is 10.2 Å². The van der Waals surface area contributed by atoms with Crippen LogP contribution in [0, 0.1) is 13.8 Å². The van der Waals surface area contributed by atoms with E-state index in [0.717, 1.165) is 25.7 Å². The SMILES string of the molecule is Cc1ccc(Sc2ncnc3sc(C(=O)O)c(C)c23)cc1. The first-order valence-electron chi connectivity index (χ1n) is 6.28. The second kappa shape index (κ2) is 5.46. The van der Waals surface area contributed by atoms with E-state index in [2.05, 4.69) is 9.97 Å². The highest BCUT2D eigenvalue weighted by molar-refractivity contribution is 7.99. The summed E-state index contributed by atoms with van der Waals surface area (Å²) in [7, 11) is 0. The van der Waals surface area contributed by atoms with Gasteiger partial charge in [0.25, 0.3) is 0 Å². The summed E-state index contributed by atoms with van der Waals surface area (Å²) in [5.74, 6) is -0.915. The molecule has 0 unspecified atom stereocenters. The molecule has 0 amide bonds. The van der Waals surface area contributed by atoms with Gasteiger partial charge in [-0.25, -0.2) is 14.8 Å². The number of carboxylic acids is 1. The molecule has 0 aliphatic rings. The van der Waals surface area contributed by atoms with Crippen molar-refractivity contribution in [2.24, 2.45) is 0 Å². The maximum atomic E-state index is 11.3. The zero-order valence-electron chi connectivity index (χ0n) is 11.5. The Morgan fingerprint density at radius 3 is 2.57 bits per heavy atom. The van der Waals surface area contributed by atoms with E-state index in [4.69, 9.17) is 0 Å². The van der Waals surface area contributed by atoms with E-state index in [9.17, 15) is 9.90 Å². The van der Waals surface area contributed by atoms with Crippen molar-refractivity contribution in [3.05, 3.63) is 46.6 Å². The first kappa shape index (κ1) is 14.0. The lowest BCUT2D eigenvalue weighted by Crippen LogP contribution is -1.94. The maximum absolute atomic E-state index is 11.3. The van der Waals surface area contributed by atoms with E-state index in [0.29, 0.717) is 4.88 Å². The highest BCUT2D eigenvalue weighted by Gasteiger charge is 2.18. The minimum atomic E-state index is -0.915. The number of nitrogens with zero attached hydrogens (tertiary/aromatic N) is 2. The Labute approximate surface area is 129 Å². The third-order valence-corrected chi connectivity index (χ3v) is 5.32. The van der Waals surface area contributed by atoms with E-state index in [-0.39, 0.29) is 0 Å². The Hall–Kier alpha value is -1.92. The Balaban J connectivity index is 2.10. The summed E-state index contributed by atoms with van der Waals surface area (Å²) < 4.78 is 0. The van der Waals surface area contributed by atoms with Crippen molar-refractivity contribution in [1.82, 2.24) is 9.97 Å². The molecule has 106 valence electrons. The van der Waals surface area contributed by atoms with Crippen molar-refractivity contribution in [3.63, 3.8) is 0 Å². The number of fused-ring (bicyclic) bond motifs is 1. The molecule has 1 aromatic carbocycles. The van der Waals surface area contributed by atoms with E-state index >= 15 is 0 Å². The van der Waals surface area contributed by atoms with Crippen LogP contribution < -0.4 is 0 Å². The summed E-state index contributed by atoms with van der Waals surface area (Å²) in [5, 5.41) is 10.9. The number of rotatable bonds is 3. The van der Waals surface area contributed by atoms with Gasteiger partial charge in [-0.15, -0.1) is 11.3 Å². The maximum Gasteiger partial charge on any atom is 0.346 e. The van der Waals surface area contributed by atoms with Crippen LogP contribution in [0.5, 0.6) is 0 Å². The molecule has 1 N–H and O–H groups in total. The summed E-state index contributed by atoms with van der Waals surface area (Å²) in [6, 6.07) is 8.16.